The van der Waals surface area contributed by atoms with E-state index in [1.807, 2.05) is 38.1 Å². The zero-order valence-corrected chi connectivity index (χ0v) is 20.4. The second kappa shape index (κ2) is 11.4. The second-order valence-corrected chi connectivity index (χ2v) is 8.16. The summed E-state index contributed by atoms with van der Waals surface area (Å²) in [5.41, 5.74) is 2.40. The normalized spacial score (nSPS) is 14.6. The van der Waals surface area contributed by atoms with Crippen LogP contribution in [-0.2, 0) is 25.6 Å². The largest absolute Gasteiger partial charge is 0.490 e. The van der Waals surface area contributed by atoms with Crippen molar-refractivity contribution in [1.82, 2.24) is 10.6 Å². The highest BCUT2D eigenvalue weighted by atomic mass is 16.5. The predicted molar refractivity (Wildman–Crippen MR) is 131 cm³/mol. The minimum absolute atomic E-state index is 0.0527. The monoisotopic (exact) mass is 506 g/mol. The number of nitrogens with one attached hydrogen (secondary N) is 2. The average Bonchev–Trinajstić information content (AvgIpc) is 3.36. The number of imide groups is 2. The molecule has 0 bridgehead atoms. The van der Waals surface area contributed by atoms with Gasteiger partial charge in [0.2, 0.25) is 0 Å². The van der Waals surface area contributed by atoms with Crippen LogP contribution in [0.2, 0.25) is 0 Å². The number of hydrogen-bond acceptors (Lipinski definition) is 8. The van der Waals surface area contributed by atoms with Gasteiger partial charge in [0.15, 0.2) is 23.0 Å². The van der Waals surface area contributed by atoms with Crippen molar-refractivity contribution >= 4 is 23.6 Å². The highest BCUT2D eigenvalue weighted by molar-refractivity contribution is 6.17. The molecule has 2 aliphatic rings. The Morgan fingerprint density at radius 1 is 0.595 bits per heavy atom. The average molecular weight is 507 g/mol. The van der Waals surface area contributed by atoms with Crippen molar-refractivity contribution in [3.8, 4) is 23.0 Å². The molecule has 4 rings (SSSR count). The van der Waals surface area contributed by atoms with Crippen LogP contribution in [0.5, 0.6) is 23.0 Å². The minimum Gasteiger partial charge on any atom is -0.490 e. The molecule has 10 nitrogen and oxygen atoms in total. The van der Waals surface area contributed by atoms with Crippen molar-refractivity contribution < 1.29 is 38.1 Å². The highest BCUT2D eigenvalue weighted by Crippen LogP contribution is 2.33. The number of hydrogen-bond donors (Lipinski definition) is 2. The van der Waals surface area contributed by atoms with E-state index in [9.17, 15) is 19.2 Å². The number of ether oxygens (including phenoxy) is 4. The summed E-state index contributed by atoms with van der Waals surface area (Å²) in [6.45, 7) is 4.45. The molecule has 2 heterocycles. The smallest absolute Gasteiger partial charge is 0.257 e. The molecular weight excluding hydrogens is 480 g/mol. The summed E-state index contributed by atoms with van der Waals surface area (Å²) >= 11 is 0. The first-order valence-electron chi connectivity index (χ1n) is 11.7. The van der Waals surface area contributed by atoms with Gasteiger partial charge in [-0.25, -0.2) is 0 Å². The molecule has 0 aromatic heterocycles. The van der Waals surface area contributed by atoms with E-state index in [4.69, 9.17) is 18.9 Å². The van der Waals surface area contributed by atoms with Gasteiger partial charge in [0.25, 0.3) is 23.6 Å². The number of carbonyl (C=O) groups excluding carboxylic acids is 4. The lowest BCUT2D eigenvalue weighted by Gasteiger charge is -2.15. The van der Waals surface area contributed by atoms with Gasteiger partial charge in [-0.15, -0.1) is 0 Å². The molecular formula is C27H26N2O8. The Hall–Kier alpha value is -4.60. The van der Waals surface area contributed by atoms with Gasteiger partial charge in [-0.2, -0.15) is 0 Å². The Balaban J connectivity index is 1.46. The van der Waals surface area contributed by atoms with Gasteiger partial charge in [0, 0.05) is 12.2 Å². The predicted octanol–water partition coefficient (Wildman–Crippen LogP) is 2.00. The fraction of sp³-hybridized carbons (Fsp3) is 0.259. The Kier molecular flexibility index (Phi) is 7.87. The van der Waals surface area contributed by atoms with Crippen molar-refractivity contribution in [2.75, 3.05) is 26.4 Å². The van der Waals surface area contributed by atoms with Crippen molar-refractivity contribution in [2.45, 2.75) is 20.3 Å². The zero-order valence-electron chi connectivity index (χ0n) is 20.4. The standard InChI is InChI=1S/C27H26N2O8/c1-3-34-22-10-16(5-7-20(22)36-14-18-12-24(30)28-26(18)32)9-17-6-8-21(23(11-17)35-4-2)37-15-19-13-25(31)29-27(19)33/h5-8,10-13H,3-4,9,14-15H2,1-2H3,(H,28,30,32)(H,29,31,33). The Morgan fingerprint density at radius 3 is 1.38 bits per heavy atom. The van der Waals surface area contributed by atoms with E-state index in [2.05, 4.69) is 10.6 Å². The summed E-state index contributed by atoms with van der Waals surface area (Å²) in [4.78, 5) is 46.2. The maximum Gasteiger partial charge on any atom is 0.257 e. The second-order valence-electron chi connectivity index (χ2n) is 8.16. The lowest BCUT2D eigenvalue weighted by molar-refractivity contribution is -0.125. The van der Waals surface area contributed by atoms with Crippen LogP contribution in [0.1, 0.15) is 25.0 Å². The Morgan fingerprint density at radius 2 is 1.03 bits per heavy atom. The number of carbonyl (C=O) groups is 4. The minimum atomic E-state index is -0.464. The maximum atomic E-state index is 11.7. The third kappa shape index (κ3) is 6.35. The summed E-state index contributed by atoms with van der Waals surface area (Å²) in [6.07, 6.45) is 3.00. The van der Waals surface area contributed by atoms with Crippen LogP contribution in [0.3, 0.4) is 0 Å². The molecule has 0 saturated carbocycles. The van der Waals surface area contributed by atoms with Crippen LogP contribution in [-0.4, -0.2) is 50.1 Å². The van der Waals surface area contributed by atoms with Gasteiger partial charge in [-0.05, 0) is 55.7 Å². The van der Waals surface area contributed by atoms with Crippen LogP contribution in [0.25, 0.3) is 0 Å². The molecule has 0 fully saturated rings. The first-order valence-corrected chi connectivity index (χ1v) is 11.7. The van der Waals surface area contributed by atoms with E-state index < -0.39 is 23.6 Å². The molecule has 192 valence electrons. The molecule has 0 spiro atoms. The van der Waals surface area contributed by atoms with Gasteiger partial charge in [0.1, 0.15) is 13.2 Å². The fourth-order valence-electron chi connectivity index (χ4n) is 3.77. The summed E-state index contributed by atoms with van der Waals surface area (Å²) in [5, 5.41) is 4.38. The summed E-state index contributed by atoms with van der Waals surface area (Å²) in [6, 6.07) is 11.0. The number of amides is 4. The van der Waals surface area contributed by atoms with Gasteiger partial charge in [-0.3, -0.25) is 29.8 Å². The first-order chi connectivity index (χ1) is 17.9. The van der Waals surface area contributed by atoms with Gasteiger partial charge >= 0.3 is 0 Å². The fourth-order valence-corrected chi connectivity index (χ4v) is 3.77. The SMILES string of the molecule is CCOc1cc(Cc2ccc(OCC3=CC(=O)NC3=O)c(OCC)c2)ccc1OCC1=CC(=O)NC1=O. The van der Waals surface area contributed by atoms with Crippen molar-refractivity contribution in [2.24, 2.45) is 0 Å². The van der Waals surface area contributed by atoms with Crippen LogP contribution >= 0.6 is 0 Å². The molecule has 2 N–H and O–H groups in total. The lowest BCUT2D eigenvalue weighted by Crippen LogP contribution is -2.23. The summed E-state index contributed by atoms with van der Waals surface area (Å²) < 4.78 is 23.0. The van der Waals surface area contributed by atoms with Crippen LogP contribution in [0.4, 0.5) is 0 Å². The van der Waals surface area contributed by atoms with E-state index >= 15 is 0 Å². The molecule has 2 aromatic carbocycles. The molecule has 10 heteroatoms. The third-order valence-corrected chi connectivity index (χ3v) is 5.46. The molecule has 4 amide bonds. The summed E-state index contributed by atoms with van der Waals surface area (Å²) in [7, 11) is 0. The number of benzene rings is 2. The van der Waals surface area contributed by atoms with Crippen LogP contribution < -0.4 is 29.6 Å². The lowest BCUT2D eigenvalue weighted by atomic mass is 10.0. The van der Waals surface area contributed by atoms with Crippen molar-refractivity contribution in [3.63, 3.8) is 0 Å². The van der Waals surface area contributed by atoms with Gasteiger partial charge in [0.05, 0.1) is 24.4 Å². The Bertz CT molecular complexity index is 1210. The third-order valence-electron chi connectivity index (χ3n) is 5.46. The van der Waals surface area contributed by atoms with Gasteiger partial charge < -0.3 is 18.9 Å². The molecule has 0 saturated heterocycles. The molecule has 0 atom stereocenters. The van der Waals surface area contributed by atoms with E-state index in [-0.39, 0.29) is 24.4 Å². The first kappa shape index (κ1) is 25.5. The molecule has 2 aliphatic heterocycles. The van der Waals surface area contributed by atoms with E-state index in [0.29, 0.717) is 42.6 Å². The van der Waals surface area contributed by atoms with E-state index in [1.54, 1.807) is 12.1 Å². The molecule has 0 aliphatic carbocycles. The number of rotatable bonds is 12. The van der Waals surface area contributed by atoms with E-state index in [1.165, 1.54) is 12.2 Å². The topological polar surface area (TPSA) is 129 Å². The zero-order chi connectivity index (χ0) is 26.4. The van der Waals surface area contributed by atoms with Crippen LogP contribution in [0, 0.1) is 0 Å². The van der Waals surface area contributed by atoms with Crippen LogP contribution in [0.15, 0.2) is 59.7 Å². The van der Waals surface area contributed by atoms with Crippen molar-refractivity contribution in [3.05, 3.63) is 70.8 Å². The Labute approximate surface area is 213 Å². The molecule has 0 radical (unpaired) electrons. The molecule has 37 heavy (non-hydrogen) atoms. The summed E-state index contributed by atoms with van der Waals surface area (Å²) in [5.74, 6) is 0.122. The van der Waals surface area contributed by atoms with Crippen molar-refractivity contribution in [1.29, 1.82) is 0 Å². The van der Waals surface area contributed by atoms with Gasteiger partial charge in [-0.1, -0.05) is 12.1 Å². The molecule has 2 aromatic rings. The maximum absolute atomic E-state index is 11.7. The highest BCUT2D eigenvalue weighted by Gasteiger charge is 2.23. The van der Waals surface area contributed by atoms with E-state index in [0.717, 1.165) is 11.1 Å². The molecule has 0 unspecified atom stereocenters. The quantitative estimate of drug-likeness (QED) is 0.418.